The number of likely N-dealkylation sites (tertiary alicyclic amines) is 1. The van der Waals surface area contributed by atoms with Crippen LogP contribution >= 0.6 is 11.3 Å². The number of hydrogen-bond acceptors (Lipinski definition) is 6. The molecule has 0 spiro atoms. The molecule has 0 bridgehead atoms. The van der Waals surface area contributed by atoms with E-state index >= 15 is 0 Å². The van der Waals surface area contributed by atoms with E-state index in [4.69, 9.17) is 4.74 Å². The number of piperidine rings is 1. The Hall–Kier alpha value is -1.31. The molecular weight excluding hydrogens is 298 g/mol. The highest BCUT2D eigenvalue weighted by atomic mass is 32.1. The number of fused-ring (bicyclic) bond motifs is 1. The van der Waals surface area contributed by atoms with Gasteiger partial charge in [-0.3, -0.25) is 10.00 Å². The lowest BCUT2D eigenvalue weighted by Crippen LogP contribution is -2.41. The molecule has 4 rings (SSSR count). The lowest BCUT2D eigenvalue weighted by atomic mass is 9.92. The first-order valence-corrected chi connectivity index (χ1v) is 8.73. The fraction of sp³-hybridized carbons (Fsp3) is 0.667. The van der Waals surface area contributed by atoms with Gasteiger partial charge in [-0.2, -0.15) is 5.10 Å². The van der Waals surface area contributed by atoms with E-state index in [0.717, 1.165) is 43.4 Å². The molecule has 2 fully saturated rings. The van der Waals surface area contributed by atoms with Crippen molar-refractivity contribution in [3.05, 3.63) is 27.7 Å². The third kappa shape index (κ3) is 2.80. The van der Waals surface area contributed by atoms with E-state index in [0.29, 0.717) is 12.0 Å². The Bertz CT molecular complexity index is 654. The maximum atomic E-state index is 6.23. The Morgan fingerprint density at radius 2 is 2.32 bits per heavy atom. The van der Waals surface area contributed by atoms with Crippen molar-refractivity contribution in [2.24, 2.45) is 5.92 Å². The molecule has 2 aromatic heterocycles. The van der Waals surface area contributed by atoms with Gasteiger partial charge in [0, 0.05) is 17.6 Å². The number of nitrogens with zero attached hydrogens (tertiary/aromatic N) is 4. The standard InChI is InChI=1S/C15H21N5OS/c1-9-8-22-14(16-9)7-20-4-3-11-5-12(21-13(11)6-20)15-17-10(2)18-19-15/h8,11-13H,3-7H2,1-2H3,(H,17,18,19)/t11-,12-,13+/m0/s1. The van der Waals surface area contributed by atoms with Gasteiger partial charge >= 0.3 is 0 Å². The van der Waals surface area contributed by atoms with Crippen molar-refractivity contribution in [3.8, 4) is 0 Å². The molecule has 22 heavy (non-hydrogen) atoms. The van der Waals surface area contributed by atoms with E-state index in [2.05, 4.69) is 37.4 Å². The SMILES string of the molecule is Cc1csc(CN2CC[C@H]3C[C@@H](c4n[nH]c(C)n4)O[C@@H]3C2)n1. The van der Waals surface area contributed by atoms with Crippen molar-refractivity contribution in [1.82, 2.24) is 25.1 Å². The summed E-state index contributed by atoms with van der Waals surface area (Å²) in [6.45, 7) is 7.04. The monoisotopic (exact) mass is 319 g/mol. The fourth-order valence-corrected chi connectivity index (χ4v) is 4.29. The van der Waals surface area contributed by atoms with Crippen molar-refractivity contribution in [2.45, 2.75) is 45.4 Å². The predicted molar refractivity (Wildman–Crippen MR) is 83.6 cm³/mol. The molecule has 7 heteroatoms. The summed E-state index contributed by atoms with van der Waals surface area (Å²) in [5.74, 6) is 2.31. The second-order valence-electron chi connectivity index (χ2n) is 6.34. The number of H-pyrrole nitrogens is 1. The summed E-state index contributed by atoms with van der Waals surface area (Å²) < 4.78 is 6.23. The van der Waals surface area contributed by atoms with Crippen molar-refractivity contribution in [2.75, 3.05) is 13.1 Å². The first-order valence-electron chi connectivity index (χ1n) is 7.85. The number of rotatable bonds is 3. The normalized spacial score (nSPS) is 28.9. The Labute approximate surface area is 133 Å². The van der Waals surface area contributed by atoms with Crippen LogP contribution in [0.2, 0.25) is 0 Å². The molecule has 0 aromatic carbocycles. The van der Waals surface area contributed by atoms with Crippen LogP contribution in [0.15, 0.2) is 5.38 Å². The molecule has 2 saturated heterocycles. The fourth-order valence-electron chi connectivity index (χ4n) is 3.47. The maximum absolute atomic E-state index is 6.23. The molecule has 118 valence electrons. The van der Waals surface area contributed by atoms with Crippen LogP contribution in [-0.4, -0.2) is 44.3 Å². The molecule has 4 heterocycles. The van der Waals surface area contributed by atoms with Gasteiger partial charge in [0.1, 0.15) is 16.9 Å². The second-order valence-corrected chi connectivity index (χ2v) is 7.29. The first-order chi connectivity index (χ1) is 10.7. The molecule has 2 aliphatic rings. The lowest BCUT2D eigenvalue weighted by molar-refractivity contribution is -0.0119. The van der Waals surface area contributed by atoms with Crippen LogP contribution < -0.4 is 0 Å². The number of aromatic nitrogens is 4. The van der Waals surface area contributed by atoms with Crippen molar-refractivity contribution in [3.63, 3.8) is 0 Å². The van der Waals surface area contributed by atoms with Crippen molar-refractivity contribution in [1.29, 1.82) is 0 Å². The van der Waals surface area contributed by atoms with E-state index in [1.165, 1.54) is 11.4 Å². The molecular formula is C15H21N5OS. The van der Waals surface area contributed by atoms with Gasteiger partial charge in [0.15, 0.2) is 5.82 Å². The summed E-state index contributed by atoms with van der Waals surface area (Å²) >= 11 is 1.75. The number of aromatic amines is 1. The van der Waals surface area contributed by atoms with Crippen LogP contribution in [0.5, 0.6) is 0 Å². The van der Waals surface area contributed by atoms with Crippen molar-refractivity contribution >= 4 is 11.3 Å². The molecule has 0 aliphatic carbocycles. The molecule has 0 saturated carbocycles. The van der Waals surface area contributed by atoms with E-state index in [9.17, 15) is 0 Å². The quantitative estimate of drug-likeness (QED) is 0.939. The van der Waals surface area contributed by atoms with Crippen LogP contribution in [0.4, 0.5) is 0 Å². The third-order valence-corrected chi connectivity index (χ3v) is 5.52. The van der Waals surface area contributed by atoms with E-state index in [1.54, 1.807) is 11.3 Å². The zero-order valence-corrected chi connectivity index (χ0v) is 13.8. The number of hydrogen-bond donors (Lipinski definition) is 1. The molecule has 1 N–H and O–H groups in total. The highest BCUT2D eigenvalue weighted by Gasteiger charge is 2.41. The Kier molecular flexibility index (Phi) is 3.71. The Balaban J connectivity index is 1.39. The summed E-state index contributed by atoms with van der Waals surface area (Å²) in [6.07, 6.45) is 2.60. The zero-order valence-electron chi connectivity index (χ0n) is 13.0. The summed E-state index contributed by atoms with van der Waals surface area (Å²) in [5.41, 5.74) is 1.12. The summed E-state index contributed by atoms with van der Waals surface area (Å²) in [7, 11) is 0. The van der Waals surface area contributed by atoms with Crippen LogP contribution in [0.25, 0.3) is 0 Å². The average molecular weight is 319 g/mol. The number of thiazole rings is 1. The van der Waals surface area contributed by atoms with Gasteiger partial charge in [0.05, 0.1) is 12.6 Å². The molecule has 0 unspecified atom stereocenters. The summed E-state index contributed by atoms with van der Waals surface area (Å²) in [4.78, 5) is 11.5. The smallest absolute Gasteiger partial charge is 0.179 e. The minimum Gasteiger partial charge on any atom is -0.365 e. The largest absolute Gasteiger partial charge is 0.365 e. The highest BCUT2D eigenvalue weighted by Crippen LogP contribution is 2.40. The molecule has 3 atom stereocenters. The maximum Gasteiger partial charge on any atom is 0.179 e. The Morgan fingerprint density at radius 3 is 3.05 bits per heavy atom. The molecule has 2 aliphatic heterocycles. The van der Waals surface area contributed by atoms with Gasteiger partial charge in [-0.1, -0.05) is 0 Å². The van der Waals surface area contributed by atoms with Crippen LogP contribution in [0.1, 0.15) is 41.3 Å². The molecule has 6 nitrogen and oxygen atoms in total. The number of aryl methyl sites for hydroxylation is 2. The minimum absolute atomic E-state index is 0.0574. The topological polar surface area (TPSA) is 66.9 Å². The lowest BCUT2D eigenvalue weighted by Gasteiger charge is -2.33. The zero-order chi connectivity index (χ0) is 15.1. The summed E-state index contributed by atoms with van der Waals surface area (Å²) in [5, 5.41) is 10.5. The molecule has 2 aromatic rings. The summed E-state index contributed by atoms with van der Waals surface area (Å²) in [6, 6.07) is 0. The van der Waals surface area contributed by atoms with Gasteiger partial charge in [0.25, 0.3) is 0 Å². The highest BCUT2D eigenvalue weighted by molar-refractivity contribution is 7.09. The first kappa shape index (κ1) is 14.3. The van der Waals surface area contributed by atoms with Crippen molar-refractivity contribution < 1.29 is 4.74 Å². The second kappa shape index (κ2) is 5.72. The van der Waals surface area contributed by atoms with Gasteiger partial charge in [0.2, 0.25) is 0 Å². The van der Waals surface area contributed by atoms with Crippen LogP contribution in [-0.2, 0) is 11.3 Å². The Morgan fingerprint density at radius 1 is 1.41 bits per heavy atom. The van der Waals surface area contributed by atoms with Crippen LogP contribution in [0.3, 0.4) is 0 Å². The number of nitrogens with one attached hydrogen (secondary N) is 1. The van der Waals surface area contributed by atoms with Crippen LogP contribution in [0, 0.1) is 19.8 Å². The number of ether oxygens (including phenoxy) is 1. The average Bonchev–Trinajstić information content (AvgIpc) is 3.18. The van der Waals surface area contributed by atoms with Gasteiger partial charge in [-0.25, -0.2) is 9.97 Å². The van der Waals surface area contributed by atoms with E-state index < -0.39 is 0 Å². The van der Waals surface area contributed by atoms with E-state index in [-0.39, 0.29) is 6.10 Å². The van der Waals surface area contributed by atoms with Gasteiger partial charge in [-0.05, 0) is 39.2 Å². The van der Waals surface area contributed by atoms with Gasteiger partial charge < -0.3 is 4.74 Å². The molecule has 0 radical (unpaired) electrons. The van der Waals surface area contributed by atoms with E-state index in [1.807, 2.05) is 6.92 Å². The predicted octanol–water partition coefficient (Wildman–Crippen LogP) is 2.23. The third-order valence-electron chi connectivity index (χ3n) is 4.56. The minimum atomic E-state index is 0.0574. The molecule has 0 amide bonds. The van der Waals surface area contributed by atoms with Gasteiger partial charge in [-0.15, -0.1) is 11.3 Å².